The fourth-order valence-electron chi connectivity index (χ4n) is 1.07. The van der Waals surface area contributed by atoms with E-state index in [1.54, 1.807) is 19.1 Å². The summed E-state index contributed by atoms with van der Waals surface area (Å²) in [4.78, 5) is 11.0. The van der Waals surface area contributed by atoms with E-state index >= 15 is 0 Å². The summed E-state index contributed by atoms with van der Waals surface area (Å²) >= 11 is 9.22. The highest BCUT2D eigenvalue weighted by atomic mass is 79.9. The monoisotopic (exact) mass is 306 g/mol. The Morgan fingerprint density at radius 1 is 1.50 bits per heavy atom. The topological polar surface area (TPSA) is 35.5 Å². The van der Waals surface area contributed by atoms with Crippen LogP contribution < -0.4 is 4.74 Å². The zero-order valence-electron chi connectivity index (χ0n) is 8.83. The van der Waals surface area contributed by atoms with E-state index in [9.17, 15) is 4.79 Å². The van der Waals surface area contributed by atoms with Crippen molar-refractivity contribution in [3.8, 4) is 5.75 Å². The van der Waals surface area contributed by atoms with Crippen LogP contribution in [-0.4, -0.2) is 19.2 Å². The van der Waals surface area contributed by atoms with Gasteiger partial charge < -0.3 is 9.47 Å². The molecule has 0 saturated carbocycles. The van der Waals surface area contributed by atoms with E-state index in [0.717, 1.165) is 4.47 Å². The van der Waals surface area contributed by atoms with Crippen molar-refractivity contribution in [3.05, 3.63) is 27.7 Å². The summed E-state index contributed by atoms with van der Waals surface area (Å²) in [6, 6.07) is 5.30. The van der Waals surface area contributed by atoms with Gasteiger partial charge in [-0.15, -0.1) is 0 Å². The van der Waals surface area contributed by atoms with Gasteiger partial charge in [0.15, 0.2) is 0 Å². The second kappa shape index (κ2) is 6.76. The van der Waals surface area contributed by atoms with Gasteiger partial charge in [-0.25, -0.2) is 0 Å². The standard InChI is InChI=1S/C11H12BrClO3/c1-2-15-11(14)5-6-16-10-7-8(12)3-4-9(10)13/h3-4,7H,2,5-6H2,1H3. The van der Waals surface area contributed by atoms with Gasteiger partial charge in [-0.2, -0.15) is 0 Å². The minimum atomic E-state index is -0.270. The van der Waals surface area contributed by atoms with Crippen LogP contribution in [0.15, 0.2) is 22.7 Å². The van der Waals surface area contributed by atoms with E-state index in [2.05, 4.69) is 15.9 Å². The van der Waals surface area contributed by atoms with Crippen LogP contribution in [0.25, 0.3) is 0 Å². The summed E-state index contributed by atoms with van der Waals surface area (Å²) in [6.45, 7) is 2.41. The van der Waals surface area contributed by atoms with Crippen LogP contribution in [0.1, 0.15) is 13.3 Å². The van der Waals surface area contributed by atoms with Gasteiger partial charge in [-0.05, 0) is 25.1 Å². The van der Waals surface area contributed by atoms with Crippen molar-refractivity contribution in [3.63, 3.8) is 0 Å². The Kier molecular flexibility index (Phi) is 5.63. The van der Waals surface area contributed by atoms with Gasteiger partial charge in [0, 0.05) is 4.47 Å². The van der Waals surface area contributed by atoms with Gasteiger partial charge in [0.25, 0.3) is 0 Å². The van der Waals surface area contributed by atoms with E-state index < -0.39 is 0 Å². The SMILES string of the molecule is CCOC(=O)CCOc1cc(Br)ccc1Cl. The number of rotatable bonds is 5. The van der Waals surface area contributed by atoms with E-state index in [1.165, 1.54) is 0 Å². The van der Waals surface area contributed by atoms with Crippen molar-refractivity contribution in [2.45, 2.75) is 13.3 Å². The molecule has 0 radical (unpaired) electrons. The van der Waals surface area contributed by atoms with Crippen LogP contribution in [0.5, 0.6) is 5.75 Å². The summed E-state index contributed by atoms with van der Waals surface area (Å²) in [5, 5.41) is 0.520. The third-order valence-electron chi connectivity index (χ3n) is 1.76. The maximum Gasteiger partial charge on any atom is 0.309 e. The summed E-state index contributed by atoms with van der Waals surface area (Å²) in [7, 11) is 0. The molecule has 1 aromatic rings. The minimum Gasteiger partial charge on any atom is -0.491 e. The van der Waals surface area contributed by atoms with Crippen molar-refractivity contribution in [1.29, 1.82) is 0 Å². The largest absolute Gasteiger partial charge is 0.491 e. The lowest BCUT2D eigenvalue weighted by molar-refractivity contribution is -0.143. The van der Waals surface area contributed by atoms with Crippen LogP contribution in [0.4, 0.5) is 0 Å². The molecule has 0 unspecified atom stereocenters. The van der Waals surface area contributed by atoms with Crippen LogP contribution in [0.3, 0.4) is 0 Å². The lowest BCUT2D eigenvalue weighted by Gasteiger charge is -2.07. The number of benzene rings is 1. The van der Waals surface area contributed by atoms with Crippen LogP contribution in [0.2, 0.25) is 5.02 Å². The van der Waals surface area contributed by atoms with E-state index in [0.29, 0.717) is 17.4 Å². The lowest BCUT2D eigenvalue weighted by atomic mass is 10.3. The number of hydrogen-bond donors (Lipinski definition) is 0. The third-order valence-corrected chi connectivity index (χ3v) is 2.57. The molecule has 0 amide bonds. The number of carbonyl (C=O) groups is 1. The highest BCUT2D eigenvalue weighted by Crippen LogP contribution is 2.27. The maximum absolute atomic E-state index is 11.0. The first-order chi connectivity index (χ1) is 7.63. The van der Waals surface area contributed by atoms with E-state index in [-0.39, 0.29) is 19.0 Å². The van der Waals surface area contributed by atoms with Crippen LogP contribution in [0, 0.1) is 0 Å². The van der Waals surface area contributed by atoms with Crippen molar-refractivity contribution in [1.82, 2.24) is 0 Å². The molecule has 0 N–H and O–H groups in total. The molecule has 88 valence electrons. The molecule has 1 rings (SSSR count). The van der Waals surface area contributed by atoms with Crippen LogP contribution in [-0.2, 0) is 9.53 Å². The Morgan fingerprint density at radius 3 is 2.94 bits per heavy atom. The summed E-state index contributed by atoms with van der Waals surface area (Å²) in [6.07, 6.45) is 0.219. The summed E-state index contributed by atoms with van der Waals surface area (Å²) in [5.74, 6) is 0.286. The molecular formula is C11H12BrClO3. The molecule has 0 aliphatic rings. The normalized spacial score (nSPS) is 9.94. The molecule has 0 atom stereocenters. The molecule has 5 heteroatoms. The molecule has 0 aliphatic heterocycles. The molecule has 0 heterocycles. The second-order valence-electron chi connectivity index (χ2n) is 2.98. The van der Waals surface area contributed by atoms with E-state index in [1.807, 2.05) is 6.07 Å². The Bertz CT molecular complexity index is 368. The van der Waals surface area contributed by atoms with Gasteiger partial charge in [-0.3, -0.25) is 4.79 Å². The quantitative estimate of drug-likeness (QED) is 0.782. The first kappa shape index (κ1) is 13.3. The third kappa shape index (κ3) is 4.41. The average Bonchev–Trinajstić information content (AvgIpc) is 2.23. The molecule has 3 nitrogen and oxygen atoms in total. The molecule has 0 bridgehead atoms. The van der Waals surface area contributed by atoms with Crippen molar-refractivity contribution in [2.24, 2.45) is 0 Å². The predicted octanol–water partition coefficient (Wildman–Crippen LogP) is 3.43. The highest BCUT2D eigenvalue weighted by Gasteiger charge is 2.05. The molecule has 0 aliphatic carbocycles. The molecule has 0 spiro atoms. The molecular weight excluding hydrogens is 295 g/mol. The number of carbonyl (C=O) groups excluding carboxylic acids is 1. The number of hydrogen-bond acceptors (Lipinski definition) is 3. The Morgan fingerprint density at radius 2 is 2.25 bits per heavy atom. The average molecular weight is 308 g/mol. The number of esters is 1. The number of halogens is 2. The molecule has 0 fully saturated rings. The van der Waals surface area contributed by atoms with Crippen molar-refractivity contribution >= 4 is 33.5 Å². The van der Waals surface area contributed by atoms with Gasteiger partial charge in [0.05, 0.1) is 24.7 Å². The highest BCUT2D eigenvalue weighted by molar-refractivity contribution is 9.10. The fraction of sp³-hybridized carbons (Fsp3) is 0.364. The van der Waals surface area contributed by atoms with Gasteiger partial charge >= 0.3 is 5.97 Å². The lowest BCUT2D eigenvalue weighted by Crippen LogP contribution is -2.09. The Labute approximate surface area is 108 Å². The zero-order chi connectivity index (χ0) is 12.0. The van der Waals surface area contributed by atoms with Gasteiger partial charge in [-0.1, -0.05) is 27.5 Å². The van der Waals surface area contributed by atoms with Crippen LogP contribution >= 0.6 is 27.5 Å². The Hall–Kier alpha value is -0.740. The molecule has 16 heavy (non-hydrogen) atoms. The maximum atomic E-state index is 11.0. The first-order valence-corrected chi connectivity index (χ1v) is 6.04. The Balaban J connectivity index is 2.42. The first-order valence-electron chi connectivity index (χ1n) is 4.87. The summed E-state index contributed by atoms with van der Waals surface area (Å²) < 4.78 is 11.0. The zero-order valence-corrected chi connectivity index (χ0v) is 11.2. The van der Waals surface area contributed by atoms with Gasteiger partial charge in [0.1, 0.15) is 5.75 Å². The molecule has 0 aromatic heterocycles. The summed E-state index contributed by atoms with van der Waals surface area (Å²) in [5.41, 5.74) is 0. The number of ether oxygens (including phenoxy) is 2. The predicted molar refractivity (Wildman–Crippen MR) is 65.9 cm³/mol. The molecule has 1 aromatic carbocycles. The van der Waals surface area contributed by atoms with E-state index in [4.69, 9.17) is 21.1 Å². The fourth-order valence-corrected chi connectivity index (χ4v) is 1.58. The minimum absolute atomic E-state index is 0.219. The van der Waals surface area contributed by atoms with Crippen molar-refractivity contribution < 1.29 is 14.3 Å². The van der Waals surface area contributed by atoms with Crippen molar-refractivity contribution in [2.75, 3.05) is 13.2 Å². The second-order valence-corrected chi connectivity index (χ2v) is 4.30. The smallest absolute Gasteiger partial charge is 0.309 e. The van der Waals surface area contributed by atoms with Gasteiger partial charge in [0.2, 0.25) is 0 Å². The molecule has 0 saturated heterocycles.